The van der Waals surface area contributed by atoms with Gasteiger partial charge in [-0.2, -0.15) is 11.8 Å². The average Bonchev–Trinajstić information content (AvgIpc) is 3.12. The van der Waals surface area contributed by atoms with Gasteiger partial charge in [0.25, 0.3) is 0 Å². The van der Waals surface area contributed by atoms with E-state index in [1.165, 1.54) is 32.6 Å². The number of amides is 1. The summed E-state index contributed by atoms with van der Waals surface area (Å²) in [6.07, 6.45) is 1.10. The lowest BCUT2D eigenvalue weighted by molar-refractivity contribution is -0.125. The van der Waals surface area contributed by atoms with Crippen molar-refractivity contribution in [2.75, 3.05) is 31.4 Å². The van der Waals surface area contributed by atoms with Gasteiger partial charge in [-0.15, -0.1) is 11.8 Å². The van der Waals surface area contributed by atoms with Crippen LogP contribution in [0.25, 0.3) is 10.9 Å². The number of benzene rings is 2. The summed E-state index contributed by atoms with van der Waals surface area (Å²) in [5.74, 6) is 2.95. The smallest absolute Gasteiger partial charge is 0.232 e. The highest BCUT2D eigenvalue weighted by Crippen LogP contribution is 2.29. The van der Waals surface area contributed by atoms with Crippen LogP contribution in [0.1, 0.15) is 44.9 Å². The molecule has 178 valence electrons. The van der Waals surface area contributed by atoms with Gasteiger partial charge in [-0.3, -0.25) is 4.79 Å². The Morgan fingerprint density at radius 1 is 0.906 bits per heavy atom. The van der Waals surface area contributed by atoms with Crippen molar-refractivity contribution in [2.24, 2.45) is 0 Å². The summed E-state index contributed by atoms with van der Waals surface area (Å²) in [5, 5.41) is 2.72. The molecule has 0 unspecified atom stereocenters. The topological polar surface area (TPSA) is 36.1 Å². The molecule has 0 radical (unpaired) electrons. The van der Waals surface area contributed by atoms with E-state index in [-0.39, 0.29) is 13.3 Å². The molecule has 1 N–H and O–H groups in total. The summed E-state index contributed by atoms with van der Waals surface area (Å²) in [5.41, 5.74) is 5.39. The van der Waals surface area contributed by atoms with Crippen molar-refractivity contribution in [1.82, 2.24) is 9.88 Å². The highest BCUT2D eigenvalue weighted by molar-refractivity contribution is 7.99. The Hall–Kier alpha value is -1.85. The van der Waals surface area contributed by atoms with Gasteiger partial charge in [-0.05, 0) is 43.4 Å². The fourth-order valence-corrected chi connectivity index (χ4v) is 4.29. The predicted molar refractivity (Wildman–Crippen MR) is 148 cm³/mol. The third-order valence-electron chi connectivity index (χ3n) is 4.56. The average molecular weight is 475 g/mol. The molecule has 0 aliphatic rings. The van der Waals surface area contributed by atoms with Crippen molar-refractivity contribution < 1.29 is 4.79 Å². The van der Waals surface area contributed by atoms with E-state index < -0.39 is 0 Å². The second-order valence-corrected chi connectivity index (χ2v) is 9.89. The van der Waals surface area contributed by atoms with E-state index in [1.807, 2.05) is 18.7 Å². The van der Waals surface area contributed by atoms with Crippen LogP contribution in [0, 0.1) is 13.8 Å². The van der Waals surface area contributed by atoms with E-state index in [9.17, 15) is 4.79 Å². The quantitative estimate of drug-likeness (QED) is 0.373. The Morgan fingerprint density at radius 3 is 1.94 bits per heavy atom. The van der Waals surface area contributed by atoms with Crippen LogP contribution in [-0.4, -0.2) is 47.1 Å². The number of nitrogens with one attached hydrogen (secondary N) is 1. The molecular formula is C27H42N2OS2. The molecule has 0 spiro atoms. The van der Waals surface area contributed by atoms with Gasteiger partial charge in [0, 0.05) is 25.0 Å². The Bertz CT molecular complexity index is 881. The third-order valence-corrected chi connectivity index (χ3v) is 6.35. The second-order valence-electron chi connectivity index (χ2n) is 7.34. The van der Waals surface area contributed by atoms with Crippen LogP contribution in [0.2, 0.25) is 0 Å². The van der Waals surface area contributed by atoms with Crippen LogP contribution in [0.15, 0.2) is 53.6 Å². The molecule has 1 heterocycles. The molecular weight excluding hydrogens is 432 g/mol. The minimum atomic E-state index is 0. The summed E-state index contributed by atoms with van der Waals surface area (Å²) in [7, 11) is 3.55. The van der Waals surface area contributed by atoms with E-state index in [2.05, 4.69) is 81.2 Å². The lowest BCUT2D eigenvalue weighted by Gasteiger charge is -2.07. The molecule has 0 atom stereocenters. The van der Waals surface area contributed by atoms with Crippen molar-refractivity contribution in [2.45, 2.75) is 53.5 Å². The van der Waals surface area contributed by atoms with Crippen LogP contribution in [0.4, 0.5) is 0 Å². The highest BCUT2D eigenvalue weighted by Gasteiger charge is 2.08. The number of nitrogens with zero attached hydrogens (tertiary/aromatic N) is 1. The molecule has 0 fully saturated rings. The Morgan fingerprint density at radius 2 is 1.47 bits per heavy atom. The highest BCUT2D eigenvalue weighted by atomic mass is 32.2. The number of aryl methyl sites for hydroxylation is 3. The Balaban J connectivity index is 0.000000469. The van der Waals surface area contributed by atoms with E-state index >= 15 is 0 Å². The first-order valence-electron chi connectivity index (χ1n) is 10.9. The number of carbonyl (C=O) groups excluding carboxylic acids is 1. The summed E-state index contributed by atoms with van der Waals surface area (Å²) in [4.78, 5) is 15.9. The number of rotatable bonds is 6. The number of H-pyrrole nitrogens is 1. The molecule has 2 aromatic carbocycles. The Labute approximate surface area is 204 Å². The molecule has 3 aromatic rings. The number of hydrogen-bond donors (Lipinski definition) is 1. The minimum Gasteiger partial charge on any atom is -0.349 e. The summed E-state index contributed by atoms with van der Waals surface area (Å²) in [6, 6.07) is 17.0. The van der Waals surface area contributed by atoms with Crippen LogP contribution in [0.5, 0.6) is 0 Å². The monoisotopic (exact) mass is 474 g/mol. The van der Waals surface area contributed by atoms with E-state index in [0.29, 0.717) is 5.75 Å². The molecule has 3 rings (SSSR count). The van der Waals surface area contributed by atoms with Gasteiger partial charge >= 0.3 is 0 Å². The molecule has 1 aromatic heterocycles. The van der Waals surface area contributed by atoms with Gasteiger partial charge in [0.1, 0.15) is 0 Å². The molecule has 0 saturated heterocycles. The normalized spacial score (nSPS) is 9.72. The molecule has 0 aliphatic heterocycles. The van der Waals surface area contributed by atoms with Crippen molar-refractivity contribution in [3.8, 4) is 0 Å². The van der Waals surface area contributed by atoms with Gasteiger partial charge in [0.2, 0.25) is 5.91 Å². The second kappa shape index (κ2) is 16.7. The first-order valence-corrected chi connectivity index (χ1v) is 13.0. The fourth-order valence-electron chi connectivity index (χ4n) is 2.75. The van der Waals surface area contributed by atoms with Crippen LogP contribution in [-0.2, 0) is 11.2 Å². The maximum Gasteiger partial charge on any atom is 0.232 e. The molecule has 0 saturated carbocycles. The number of thioether (sulfide) groups is 2. The SMILES string of the molecule is C.CCSCC(=O)N(C)C.CCSc1[nH]c2ccccc2c1CC.Cc1ccc(C)cc1. The van der Waals surface area contributed by atoms with Gasteiger partial charge in [-0.25, -0.2) is 0 Å². The van der Waals surface area contributed by atoms with Gasteiger partial charge in [0.05, 0.1) is 10.8 Å². The zero-order chi connectivity index (χ0) is 23.2. The van der Waals surface area contributed by atoms with E-state index in [0.717, 1.165) is 17.9 Å². The van der Waals surface area contributed by atoms with Gasteiger partial charge in [-0.1, -0.05) is 81.8 Å². The molecule has 0 aliphatic carbocycles. The largest absolute Gasteiger partial charge is 0.349 e. The van der Waals surface area contributed by atoms with Crippen LogP contribution >= 0.6 is 23.5 Å². The van der Waals surface area contributed by atoms with Gasteiger partial charge in [0.15, 0.2) is 0 Å². The fraction of sp³-hybridized carbons (Fsp3) is 0.444. The minimum absolute atomic E-state index is 0. The number of aromatic nitrogens is 1. The molecule has 0 bridgehead atoms. The zero-order valence-electron chi connectivity index (χ0n) is 20.1. The van der Waals surface area contributed by atoms with Gasteiger partial charge < -0.3 is 9.88 Å². The lowest BCUT2D eigenvalue weighted by atomic mass is 10.1. The van der Waals surface area contributed by atoms with Crippen molar-refractivity contribution in [1.29, 1.82) is 0 Å². The number of carbonyl (C=O) groups is 1. The van der Waals surface area contributed by atoms with Crippen molar-refractivity contribution in [3.63, 3.8) is 0 Å². The predicted octanol–water partition coefficient (Wildman–Crippen LogP) is 7.61. The first-order chi connectivity index (χ1) is 14.8. The first kappa shape index (κ1) is 30.1. The maximum atomic E-state index is 10.8. The number of para-hydroxylation sites is 1. The van der Waals surface area contributed by atoms with Crippen LogP contribution < -0.4 is 0 Å². The molecule has 32 heavy (non-hydrogen) atoms. The van der Waals surface area contributed by atoms with Crippen LogP contribution in [0.3, 0.4) is 0 Å². The number of fused-ring (bicyclic) bond motifs is 1. The summed E-state index contributed by atoms with van der Waals surface area (Å²) >= 11 is 3.55. The van der Waals surface area contributed by atoms with Crippen molar-refractivity contribution >= 4 is 40.3 Å². The van der Waals surface area contributed by atoms with E-state index in [1.54, 1.807) is 30.8 Å². The standard InChI is InChI=1S/C12H15NS.C8H10.C6H13NOS.CH4/c1-3-9-10-7-5-6-8-11(10)13-12(9)14-4-2;1-7-3-5-8(2)6-4-7;1-4-9-5-6(8)7(2)3;/h5-8,13H,3-4H2,1-2H3;3-6H,1-2H3;4-5H2,1-3H3;1H4. The summed E-state index contributed by atoms with van der Waals surface area (Å²) in [6.45, 7) is 10.7. The summed E-state index contributed by atoms with van der Waals surface area (Å²) < 4.78 is 0. The molecule has 5 heteroatoms. The molecule has 3 nitrogen and oxygen atoms in total. The zero-order valence-corrected chi connectivity index (χ0v) is 21.8. The van der Waals surface area contributed by atoms with E-state index in [4.69, 9.17) is 0 Å². The number of aromatic amines is 1. The maximum absolute atomic E-state index is 10.8. The Kier molecular flexibility index (Phi) is 15.8. The number of hydrogen-bond acceptors (Lipinski definition) is 3. The molecule has 1 amide bonds. The third kappa shape index (κ3) is 10.6. The lowest BCUT2D eigenvalue weighted by Crippen LogP contribution is -2.23. The van der Waals surface area contributed by atoms with Crippen molar-refractivity contribution in [3.05, 3.63) is 65.2 Å².